The summed E-state index contributed by atoms with van der Waals surface area (Å²) in [6.45, 7) is 0.603. The van der Waals surface area contributed by atoms with E-state index in [9.17, 15) is 0 Å². The zero-order chi connectivity index (χ0) is 16.7. The fourth-order valence-electron chi connectivity index (χ4n) is 3.33. The Bertz CT molecular complexity index is 814. The summed E-state index contributed by atoms with van der Waals surface area (Å²) >= 11 is 5.40. The Hall–Kier alpha value is -2.40. The number of hydrogen-bond acceptors (Lipinski definition) is 3. The van der Waals surface area contributed by atoms with Gasteiger partial charge in [0.15, 0.2) is 5.11 Å². The van der Waals surface area contributed by atoms with Crippen molar-refractivity contribution in [3.05, 3.63) is 59.7 Å². The molecule has 0 fully saturated rings. The van der Waals surface area contributed by atoms with Crippen LogP contribution in [0.15, 0.2) is 53.5 Å². The van der Waals surface area contributed by atoms with E-state index in [1.54, 1.807) is 0 Å². The molecule has 0 bridgehead atoms. The Morgan fingerprint density at radius 3 is 2.62 bits per heavy atom. The molecule has 2 unspecified atom stereocenters. The van der Waals surface area contributed by atoms with Gasteiger partial charge in [0, 0.05) is 25.3 Å². The van der Waals surface area contributed by atoms with Gasteiger partial charge in [0.2, 0.25) is 0 Å². The second-order valence-electron chi connectivity index (χ2n) is 6.32. The minimum atomic E-state index is 0.0783. The number of nitrogens with zero attached hydrogens (tertiary/aromatic N) is 2. The number of para-hydroxylation sites is 1. The lowest BCUT2D eigenvalue weighted by molar-refractivity contribution is 0.247. The fraction of sp³-hybridized carbons (Fsp3) is 0.263. The third-order valence-corrected chi connectivity index (χ3v) is 4.81. The number of nitrogens with one attached hydrogen (secondary N) is 1. The van der Waals surface area contributed by atoms with Crippen LogP contribution in [0.3, 0.4) is 0 Å². The molecule has 24 heavy (non-hydrogen) atoms. The molecule has 2 heterocycles. The molecular formula is C19H19N3OS. The SMILES string of the molecule is CN(C)c1ccc(C2NC(=S)N=C3c4ccccc4OCC32)cc1. The monoisotopic (exact) mass is 337 g/mol. The molecule has 0 saturated heterocycles. The van der Waals surface area contributed by atoms with Crippen molar-refractivity contribution in [3.8, 4) is 5.75 Å². The molecule has 0 amide bonds. The van der Waals surface area contributed by atoms with Crippen molar-refractivity contribution in [1.82, 2.24) is 5.32 Å². The number of benzene rings is 2. The van der Waals surface area contributed by atoms with Gasteiger partial charge >= 0.3 is 0 Å². The summed E-state index contributed by atoms with van der Waals surface area (Å²) in [6, 6.07) is 16.7. The van der Waals surface area contributed by atoms with Crippen LogP contribution in [-0.4, -0.2) is 31.5 Å². The predicted molar refractivity (Wildman–Crippen MR) is 101 cm³/mol. The summed E-state index contributed by atoms with van der Waals surface area (Å²) in [5.41, 5.74) is 4.45. The molecule has 2 aliphatic rings. The van der Waals surface area contributed by atoms with E-state index < -0.39 is 0 Å². The highest BCUT2D eigenvalue weighted by molar-refractivity contribution is 7.80. The molecule has 4 nitrogen and oxygen atoms in total. The summed E-state index contributed by atoms with van der Waals surface area (Å²) in [4.78, 5) is 6.71. The Balaban J connectivity index is 1.72. The summed E-state index contributed by atoms with van der Waals surface area (Å²) in [5, 5.41) is 3.90. The van der Waals surface area contributed by atoms with Crippen LogP contribution in [0.2, 0.25) is 0 Å². The van der Waals surface area contributed by atoms with Gasteiger partial charge in [-0.05, 0) is 42.0 Å². The molecule has 2 aromatic carbocycles. The van der Waals surface area contributed by atoms with Crippen LogP contribution in [0.1, 0.15) is 17.2 Å². The number of hydrogen-bond donors (Lipinski definition) is 1. The largest absolute Gasteiger partial charge is 0.492 e. The number of aliphatic imine (C=N–C) groups is 1. The van der Waals surface area contributed by atoms with Crippen molar-refractivity contribution in [2.45, 2.75) is 6.04 Å². The van der Waals surface area contributed by atoms with E-state index in [0.29, 0.717) is 11.7 Å². The number of anilines is 1. The molecule has 0 saturated carbocycles. The molecule has 2 aliphatic heterocycles. The maximum atomic E-state index is 5.97. The van der Waals surface area contributed by atoms with Crippen molar-refractivity contribution in [2.75, 3.05) is 25.6 Å². The topological polar surface area (TPSA) is 36.9 Å². The van der Waals surface area contributed by atoms with Gasteiger partial charge in [0.1, 0.15) is 5.75 Å². The van der Waals surface area contributed by atoms with E-state index in [0.717, 1.165) is 17.0 Å². The van der Waals surface area contributed by atoms with E-state index in [1.165, 1.54) is 11.3 Å². The maximum Gasteiger partial charge on any atom is 0.193 e. The average molecular weight is 337 g/mol. The molecule has 122 valence electrons. The second-order valence-corrected chi connectivity index (χ2v) is 6.71. The normalized spacial score (nSPS) is 21.8. The van der Waals surface area contributed by atoms with Crippen molar-refractivity contribution in [3.63, 3.8) is 0 Å². The third kappa shape index (κ3) is 2.55. The second kappa shape index (κ2) is 5.91. The first-order valence-electron chi connectivity index (χ1n) is 8.02. The Labute approximate surface area is 147 Å². The van der Waals surface area contributed by atoms with Crippen molar-refractivity contribution in [1.29, 1.82) is 0 Å². The molecule has 0 radical (unpaired) electrons. The van der Waals surface area contributed by atoms with Gasteiger partial charge in [-0.2, -0.15) is 0 Å². The van der Waals surface area contributed by atoms with Gasteiger partial charge in [-0.25, -0.2) is 4.99 Å². The maximum absolute atomic E-state index is 5.97. The van der Waals surface area contributed by atoms with Gasteiger partial charge in [-0.15, -0.1) is 0 Å². The van der Waals surface area contributed by atoms with Gasteiger partial charge < -0.3 is 15.0 Å². The highest BCUT2D eigenvalue weighted by Crippen LogP contribution is 2.36. The van der Waals surface area contributed by atoms with Crippen molar-refractivity contribution < 1.29 is 4.74 Å². The zero-order valence-corrected chi connectivity index (χ0v) is 14.5. The highest BCUT2D eigenvalue weighted by atomic mass is 32.1. The van der Waals surface area contributed by atoms with Crippen LogP contribution < -0.4 is 15.0 Å². The van der Waals surface area contributed by atoms with Gasteiger partial charge in [0.25, 0.3) is 0 Å². The number of fused-ring (bicyclic) bond motifs is 3. The predicted octanol–water partition coefficient (Wildman–Crippen LogP) is 3.18. The molecule has 4 rings (SSSR count). The Morgan fingerprint density at radius 1 is 1.12 bits per heavy atom. The molecule has 1 N–H and O–H groups in total. The lowest BCUT2D eigenvalue weighted by Crippen LogP contribution is -2.45. The first-order chi connectivity index (χ1) is 11.6. The van der Waals surface area contributed by atoms with Crippen LogP contribution >= 0.6 is 12.2 Å². The number of thiocarbonyl (C=S) groups is 1. The summed E-state index contributed by atoms with van der Waals surface area (Å²) in [7, 11) is 4.08. The lowest BCUT2D eigenvalue weighted by atomic mass is 9.83. The summed E-state index contributed by atoms with van der Waals surface area (Å²) in [5.74, 6) is 1.04. The lowest BCUT2D eigenvalue weighted by Gasteiger charge is -2.37. The van der Waals surface area contributed by atoms with Crippen molar-refractivity contribution in [2.24, 2.45) is 10.9 Å². The van der Waals surface area contributed by atoms with E-state index in [2.05, 4.69) is 45.5 Å². The first-order valence-corrected chi connectivity index (χ1v) is 8.43. The van der Waals surface area contributed by atoms with Crippen LogP contribution in [0.4, 0.5) is 5.69 Å². The molecule has 0 spiro atoms. The smallest absolute Gasteiger partial charge is 0.193 e. The molecule has 5 heteroatoms. The van der Waals surface area contributed by atoms with Gasteiger partial charge in [-0.3, -0.25) is 0 Å². The Morgan fingerprint density at radius 2 is 1.88 bits per heavy atom. The minimum absolute atomic E-state index is 0.0783. The van der Waals surface area contributed by atoms with E-state index in [1.807, 2.05) is 32.3 Å². The molecule has 2 aromatic rings. The van der Waals surface area contributed by atoms with Crippen molar-refractivity contribution >= 4 is 28.7 Å². The molecular weight excluding hydrogens is 318 g/mol. The number of rotatable bonds is 2. The van der Waals surface area contributed by atoms with Crippen LogP contribution in [0.25, 0.3) is 0 Å². The fourth-order valence-corrected chi connectivity index (χ4v) is 3.56. The van der Waals surface area contributed by atoms with Crippen LogP contribution in [0.5, 0.6) is 5.75 Å². The summed E-state index contributed by atoms with van der Waals surface area (Å²) < 4.78 is 5.97. The van der Waals surface area contributed by atoms with E-state index in [-0.39, 0.29) is 12.0 Å². The van der Waals surface area contributed by atoms with Gasteiger partial charge in [0.05, 0.1) is 24.3 Å². The first kappa shape index (κ1) is 15.1. The van der Waals surface area contributed by atoms with E-state index in [4.69, 9.17) is 17.0 Å². The molecule has 2 atom stereocenters. The quantitative estimate of drug-likeness (QED) is 0.854. The summed E-state index contributed by atoms with van der Waals surface area (Å²) in [6.07, 6.45) is 0. The van der Waals surface area contributed by atoms with Gasteiger partial charge in [-0.1, -0.05) is 24.3 Å². The van der Waals surface area contributed by atoms with E-state index >= 15 is 0 Å². The average Bonchev–Trinajstić information content (AvgIpc) is 2.61. The molecule has 0 aromatic heterocycles. The zero-order valence-electron chi connectivity index (χ0n) is 13.7. The van der Waals surface area contributed by atoms with Crippen LogP contribution in [0, 0.1) is 5.92 Å². The number of ether oxygens (including phenoxy) is 1. The minimum Gasteiger partial charge on any atom is -0.492 e. The third-order valence-electron chi connectivity index (χ3n) is 4.60. The molecule has 0 aliphatic carbocycles. The standard InChI is InChI=1S/C19H19N3OS/c1-22(2)13-9-7-12(8-10-13)17-15-11-23-16-6-4-3-5-14(16)18(15)21-19(24)20-17/h3-10,15,17H,11H2,1-2H3,(H,20,24). The Kier molecular flexibility index (Phi) is 3.73. The highest BCUT2D eigenvalue weighted by Gasteiger charge is 2.37. The van der Waals surface area contributed by atoms with Crippen LogP contribution in [-0.2, 0) is 0 Å².